The maximum Gasteiger partial charge on any atom is 0.191 e. The highest BCUT2D eigenvalue weighted by atomic mass is 127. The van der Waals surface area contributed by atoms with Gasteiger partial charge in [0.05, 0.1) is 26.4 Å². The summed E-state index contributed by atoms with van der Waals surface area (Å²) in [7, 11) is 0. The molecule has 0 atom stereocenters. The van der Waals surface area contributed by atoms with E-state index in [1.807, 2.05) is 0 Å². The van der Waals surface area contributed by atoms with Crippen LogP contribution in [0.3, 0.4) is 0 Å². The van der Waals surface area contributed by atoms with Crippen LogP contribution in [0.4, 0.5) is 0 Å². The van der Waals surface area contributed by atoms with Crippen LogP contribution in [0.2, 0.25) is 0 Å². The Balaban J connectivity index is 0. The molecule has 0 aromatic heterocycles. The summed E-state index contributed by atoms with van der Waals surface area (Å²) in [6.07, 6.45) is 2.29. The second-order valence-corrected chi connectivity index (χ2v) is 5.71. The first-order chi connectivity index (χ1) is 9.49. The van der Waals surface area contributed by atoms with Crippen LogP contribution in [0.5, 0.6) is 0 Å². The molecule has 0 aromatic rings. The lowest BCUT2D eigenvalue weighted by Crippen LogP contribution is -2.47. The Morgan fingerprint density at radius 2 is 1.62 bits per heavy atom. The SMILES string of the molecule is CCCCOCCOCCN=C(NCC)NC(C)(C)C.I. The number of ether oxygens (including phenoxy) is 2. The molecule has 5 nitrogen and oxygen atoms in total. The van der Waals surface area contributed by atoms with E-state index < -0.39 is 0 Å². The molecule has 0 aliphatic carbocycles. The molecule has 0 aromatic carbocycles. The van der Waals surface area contributed by atoms with Gasteiger partial charge in [-0.25, -0.2) is 0 Å². The van der Waals surface area contributed by atoms with Crippen LogP contribution < -0.4 is 10.6 Å². The molecule has 6 heteroatoms. The number of aliphatic imine (C=N–C) groups is 1. The zero-order valence-corrected chi connectivity index (χ0v) is 16.7. The normalized spacial score (nSPS) is 12.0. The van der Waals surface area contributed by atoms with Crippen molar-refractivity contribution in [3.63, 3.8) is 0 Å². The molecule has 0 spiro atoms. The summed E-state index contributed by atoms with van der Waals surface area (Å²) in [6, 6.07) is 0. The summed E-state index contributed by atoms with van der Waals surface area (Å²) in [5.41, 5.74) is 0.00891. The van der Waals surface area contributed by atoms with Crippen molar-refractivity contribution >= 4 is 29.9 Å². The molecule has 0 amide bonds. The number of rotatable bonds is 10. The van der Waals surface area contributed by atoms with Crippen LogP contribution in [0.25, 0.3) is 0 Å². The summed E-state index contributed by atoms with van der Waals surface area (Å²) < 4.78 is 10.9. The van der Waals surface area contributed by atoms with Crippen molar-refractivity contribution in [1.82, 2.24) is 10.6 Å². The van der Waals surface area contributed by atoms with Gasteiger partial charge < -0.3 is 20.1 Å². The monoisotopic (exact) mass is 415 g/mol. The van der Waals surface area contributed by atoms with E-state index in [0.717, 1.165) is 25.5 Å². The minimum absolute atomic E-state index is 0. The van der Waals surface area contributed by atoms with Gasteiger partial charge in [-0.1, -0.05) is 13.3 Å². The average molecular weight is 415 g/mol. The average Bonchev–Trinajstić information content (AvgIpc) is 2.35. The highest BCUT2D eigenvalue weighted by Crippen LogP contribution is 1.97. The molecule has 0 aliphatic heterocycles. The maximum atomic E-state index is 5.48. The van der Waals surface area contributed by atoms with Gasteiger partial charge in [-0.05, 0) is 34.1 Å². The van der Waals surface area contributed by atoms with E-state index in [4.69, 9.17) is 9.47 Å². The van der Waals surface area contributed by atoms with Gasteiger partial charge in [0.15, 0.2) is 5.96 Å². The molecule has 0 fully saturated rings. The van der Waals surface area contributed by atoms with Crippen molar-refractivity contribution in [3.05, 3.63) is 0 Å². The zero-order chi connectivity index (χ0) is 15.3. The number of nitrogens with one attached hydrogen (secondary N) is 2. The molecule has 2 N–H and O–H groups in total. The van der Waals surface area contributed by atoms with Crippen molar-refractivity contribution in [2.45, 2.75) is 53.0 Å². The molecule has 0 aliphatic rings. The van der Waals surface area contributed by atoms with Crippen LogP contribution in [-0.2, 0) is 9.47 Å². The fraction of sp³-hybridized carbons (Fsp3) is 0.933. The van der Waals surface area contributed by atoms with Crippen LogP contribution in [0, 0.1) is 0 Å². The number of hydrogen-bond donors (Lipinski definition) is 2. The standard InChI is InChI=1S/C15H33N3O2.HI/c1-6-8-10-19-12-13-20-11-9-17-14(16-7-2)18-15(3,4)5;/h6-13H2,1-5H3,(H2,16,17,18);1H. The summed E-state index contributed by atoms with van der Waals surface area (Å²) in [5.74, 6) is 0.836. The number of unbranched alkanes of at least 4 members (excludes halogenated alkanes) is 1. The molecule has 0 bridgehead atoms. The topological polar surface area (TPSA) is 54.9 Å². The third-order valence-corrected chi connectivity index (χ3v) is 2.36. The lowest BCUT2D eigenvalue weighted by atomic mass is 10.1. The molecule has 0 saturated carbocycles. The smallest absolute Gasteiger partial charge is 0.191 e. The number of halogens is 1. The van der Waals surface area contributed by atoms with E-state index in [0.29, 0.717) is 26.4 Å². The molecule has 128 valence electrons. The molecule has 0 saturated heterocycles. The fourth-order valence-electron chi connectivity index (χ4n) is 1.45. The Morgan fingerprint density at radius 3 is 2.14 bits per heavy atom. The van der Waals surface area contributed by atoms with Gasteiger partial charge >= 0.3 is 0 Å². The summed E-state index contributed by atoms with van der Waals surface area (Å²) in [4.78, 5) is 4.47. The van der Waals surface area contributed by atoms with E-state index in [9.17, 15) is 0 Å². The highest BCUT2D eigenvalue weighted by molar-refractivity contribution is 14.0. The number of hydrogen-bond acceptors (Lipinski definition) is 3. The van der Waals surface area contributed by atoms with Crippen molar-refractivity contribution < 1.29 is 9.47 Å². The predicted molar refractivity (Wildman–Crippen MR) is 101 cm³/mol. The summed E-state index contributed by atoms with van der Waals surface area (Å²) in [5, 5.41) is 6.56. The van der Waals surface area contributed by atoms with E-state index >= 15 is 0 Å². The summed E-state index contributed by atoms with van der Waals surface area (Å²) >= 11 is 0. The Kier molecular flexibility index (Phi) is 16.4. The first-order valence-electron chi connectivity index (χ1n) is 7.71. The molecule has 21 heavy (non-hydrogen) atoms. The molecule has 0 radical (unpaired) electrons. The van der Waals surface area contributed by atoms with Crippen molar-refractivity contribution in [2.24, 2.45) is 4.99 Å². The van der Waals surface area contributed by atoms with Crippen molar-refractivity contribution in [1.29, 1.82) is 0 Å². The lowest BCUT2D eigenvalue weighted by Gasteiger charge is -2.23. The van der Waals surface area contributed by atoms with E-state index in [2.05, 4.69) is 50.2 Å². The fourth-order valence-corrected chi connectivity index (χ4v) is 1.45. The van der Waals surface area contributed by atoms with Gasteiger partial charge in [-0.15, -0.1) is 24.0 Å². The van der Waals surface area contributed by atoms with Crippen LogP contribution >= 0.6 is 24.0 Å². The molecular weight excluding hydrogens is 381 g/mol. The first-order valence-corrected chi connectivity index (χ1v) is 7.71. The van der Waals surface area contributed by atoms with Crippen LogP contribution in [0.1, 0.15) is 47.5 Å². The quantitative estimate of drug-likeness (QED) is 0.249. The predicted octanol–water partition coefficient (Wildman–Crippen LogP) is 2.79. The van der Waals surface area contributed by atoms with Crippen molar-refractivity contribution in [2.75, 3.05) is 39.5 Å². The van der Waals surface area contributed by atoms with Gasteiger partial charge in [-0.3, -0.25) is 4.99 Å². The summed E-state index contributed by atoms with van der Waals surface area (Å²) in [6.45, 7) is 14.8. The first kappa shape index (κ1) is 23.2. The minimum atomic E-state index is 0. The second kappa shape index (κ2) is 14.8. The third kappa shape index (κ3) is 17.9. The lowest BCUT2D eigenvalue weighted by molar-refractivity contribution is 0.0497. The Labute approximate surface area is 147 Å². The second-order valence-electron chi connectivity index (χ2n) is 5.71. The van der Waals surface area contributed by atoms with Gasteiger partial charge in [0.1, 0.15) is 0 Å². The largest absolute Gasteiger partial charge is 0.379 e. The van der Waals surface area contributed by atoms with Gasteiger partial charge in [0.25, 0.3) is 0 Å². The zero-order valence-electron chi connectivity index (χ0n) is 14.3. The van der Waals surface area contributed by atoms with Crippen LogP contribution in [-0.4, -0.2) is 51.0 Å². The van der Waals surface area contributed by atoms with Gasteiger partial charge in [0, 0.05) is 18.7 Å². The minimum Gasteiger partial charge on any atom is -0.379 e. The van der Waals surface area contributed by atoms with Crippen molar-refractivity contribution in [3.8, 4) is 0 Å². The molecule has 0 unspecified atom stereocenters. The van der Waals surface area contributed by atoms with E-state index in [1.54, 1.807) is 0 Å². The van der Waals surface area contributed by atoms with E-state index in [-0.39, 0.29) is 29.5 Å². The highest BCUT2D eigenvalue weighted by Gasteiger charge is 2.11. The maximum absolute atomic E-state index is 5.48. The molecule has 0 rings (SSSR count). The molecule has 0 heterocycles. The van der Waals surface area contributed by atoms with Gasteiger partial charge in [0.2, 0.25) is 0 Å². The molecular formula is C15H34IN3O2. The Bertz CT molecular complexity index is 256. The Hall–Kier alpha value is -0.0800. The Morgan fingerprint density at radius 1 is 1.00 bits per heavy atom. The van der Waals surface area contributed by atoms with Crippen LogP contribution in [0.15, 0.2) is 4.99 Å². The third-order valence-electron chi connectivity index (χ3n) is 2.36. The van der Waals surface area contributed by atoms with E-state index in [1.165, 1.54) is 6.42 Å². The van der Waals surface area contributed by atoms with Gasteiger partial charge in [-0.2, -0.15) is 0 Å². The number of nitrogens with zero attached hydrogens (tertiary/aromatic N) is 1. The number of guanidine groups is 1.